The number of primary amides is 1. The minimum Gasteiger partial charge on any atom is -0.365 e. The fourth-order valence-electron chi connectivity index (χ4n) is 4.16. The topological polar surface area (TPSA) is 150 Å². The first-order valence-corrected chi connectivity index (χ1v) is 11.0. The third kappa shape index (κ3) is 4.37. The summed E-state index contributed by atoms with van der Waals surface area (Å²) in [7, 11) is 0. The summed E-state index contributed by atoms with van der Waals surface area (Å²) in [4.78, 5) is 22.3. The first-order valence-electron chi connectivity index (χ1n) is 11.0. The number of pyridine rings is 2. The summed E-state index contributed by atoms with van der Waals surface area (Å²) >= 11 is 0. The third-order valence-electron chi connectivity index (χ3n) is 5.94. The molecule has 1 amide bonds. The van der Waals surface area contributed by atoms with Gasteiger partial charge in [-0.1, -0.05) is 12.8 Å². The van der Waals surface area contributed by atoms with E-state index in [1.165, 1.54) is 4.80 Å². The number of amides is 1. The maximum Gasteiger partial charge on any atom is 0.252 e. The van der Waals surface area contributed by atoms with Crippen LogP contribution in [0.25, 0.3) is 16.7 Å². The molecule has 0 saturated heterocycles. The van der Waals surface area contributed by atoms with E-state index >= 15 is 0 Å². The van der Waals surface area contributed by atoms with Crippen LogP contribution in [-0.2, 0) is 0 Å². The van der Waals surface area contributed by atoms with Crippen LogP contribution in [0.3, 0.4) is 0 Å². The van der Waals surface area contributed by atoms with E-state index in [-0.39, 0.29) is 29.3 Å². The van der Waals surface area contributed by atoms with Gasteiger partial charge in [0.1, 0.15) is 5.82 Å². The van der Waals surface area contributed by atoms with Crippen LogP contribution in [0, 0.1) is 5.82 Å². The van der Waals surface area contributed by atoms with Crippen molar-refractivity contribution in [1.29, 1.82) is 0 Å². The summed E-state index contributed by atoms with van der Waals surface area (Å²) in [5.41, 5.74) is 13.0. The van der Waals surface area contributed by atoms with Crippen molar-refractivity contribution in [3.8, 4) is 5.82 Å². The van der Waals surface area contributed by atoms with Crippen LogP contribution in [-0.4, -0.2) is 43.0 Å². The number of carbonyl (C=O) groups excluding carboxylic acids is 1. The van der Waals surface area contributed by atoms with E-state index in [1.807, 2.05) is 18.2 Å². The van der Waals surface area contributed by atoms with Crippen molar-refractivity contribution in [3.05, 3.63) is 60.2 Å². The number of anilines is 3. The summed E-state index contributed by atoms with van der Waals surface area (Å²) < 4.78 is 14.8. The zero-order valence-electron chi connectivity index (χ0n) is 18.3. The summed E-state index contributed by atoms with van der Waals surface area (Å²) in [5, 5.41) is 15.2. The van der Waals surface area contributed by atoms with Gasteiger partial charge in [0.2, 0.25) is 0 Å². The molecule has 34 heavy (non-hydrogen) atoms. The summed E-state index contributed by atoms with van der Waals surface area (Å²) in [5.74, 6) is -0.654. The predicted molar refractivity (Wildman–Crippen MR) is 127 cm³/mol. The van der Waals surface area contributed by atoms with Crippen molar-refractivity contribution in [2.24, 2.45) is 11.5 Å². The molecule has 1 saturated carbocycles. The van der Waals surface area contributed by atoms with Crippen molar-refractivity contribution < 1.29 is 9.18 Å². The number of benzene rings is 1. The molecule has 4 aromatic rings. The van der Waals surface area contributed by atoms with Crippen LogP contribution < -0.4 is 22.1 Å². The largest absolute Gasteiger partial charge is 0.365 e. The van der Waals surface area contributed by atoms with Crippen LogP contribution in [0.1, 0.15) is 36.0 Å². The van der Waals surface area contributed by atoms with Crippen molar-refractivity contribution >= 4 is 34.1 Å². The second-order valence-electron chi connectivity index (χ2n) is 8.30. The van der Waals surface area contributed by atoms with Gasteiger partial charge in [0.15, 0.2) is 17.5 Å². The molecule has 2 atom stereocenters. The Bertz CT molecular complexity index is 1340. The quantitative estimate of drug-likeness (QED) is 0.342. The summed E-state index contributed by atoms with van der Waals surface area (Å²) in [6, 6.07) is 10.1. The lowest BCUT2D eigenvalue weighted by Gasteiger charge is -2.30. The third-order valence-corrected chi connectivity index (χ3v) is 5.94. The van der Waals surface area contributed by atoms with E-state index in [0.717, 1.165) is 42.7 Å². The number of nitrogens with two attached hydrogens (primary N) is 2. The van der Waals surface area contributed by atoms with Gasteiger partial charge in [-0.25, -0.2) is 14.4 Å². The first kappa shape index (κ1) is 21.7. The second kappa shape index (κ2) is 9.02. The van der Waals surface area contributed by atoms with Gasteiger partial charge in [0, 0.05) is 23.2 Å². The van der Waals surface area contributed by atoms with E-state index < -0.39 is 11.7 Å². The molecule has 6 N–H and O–H groups in total. The molecule has 0 radical (unpaired) electrons. The highest BCUT2D eigenvalue weighted by atomic mass is 19.1. The minimum atomic E-state index is -0.784. The van der Waals surface area contributed by atoms with Crippen LogP contribution in [0.2, 0.25) is 0 Å². The van der Waals surface area contributed by atoms with E-state index in [9.17, 15) is 9.18 Å². The van der Waals surface area contributed by atoms with Crippen LogP contribution in [0.5, 0.6) is 0 Å². The SMILES string of the molecule is NC(=O)c1cc(F)c(N[C@@H]2CCCC[C@@H]2N)nc1Nc1ccc2nc(-n3nccn3)ccc2c1. The molecule has 10 nitrogen and oxygen atoms in total. The normalized spacial score (nSPS) is 18.1. The fourth-order valence-corrected chi connectivity index (χ4v) is 4.16. The van der Waals surface area contributed by atoms with Gasteiger partial charge in [0.25, 0.3) is 5.91 Å². The molecule has 1 aliphatic carbocycles. The highest BCUT2D eigenvalue weighted by Gasteiger charge is 2.24. The molecule has 1 fully saturated rings. The fraction of sp³-hybridized carbons (Fsp3) is 0.261. The Balaban J connectivity index is 1.45. The second-order valence-corrected chi connectivity index (χ2v) is 8.30. The minimum absolute atomic E-state index is 0.0358. The van der Waals surface area contributed by atoms with Gasteiger partial charge in [-0.3, -0.25) is 4.79 Å². The van der Waals surface area contributed by atoms with Crippen molar-refractivity contribution in [3.63, 3.8) is 0 Å². The van der Waals surface area contributed by atoms with Gasteiger partial charge < -0.3 is 22.1 Å². The molecule has 1 aliphatic rings. The number of halogens is 1. The van der Waals surface area contributed by atoms with Gasteiger partial charge in [-0.15, -0.1) is 4.80 Å². The molecule has 174 valence electrons. The van der Waals surface area contributed by atoms with Crippen LogP contribution in [0.15, 0.2) is 48.8 Å². The molecule has 0 bridgehead atoms. The highest BCUT2D eigenvalue weighted by molar-refractivity contribution is 5.99. The predicted octanol–water partition coefficient (Wildman–Crippen LogP) is 2.87. The number of fused-ring (bicyclic) bond motifs is 1. The Hall–Kier alpha value is -4.12. The van der Waals surface area contributed by atoms with E-state index in [2.05, 4.69) is 30.8 Å². The van der Waals surface area contributed by atoms with Crippen molar-refractivity contribution in [1.82, 2.24) is 25.0 Å². The zero-order valence-corrected chi connectivity index (χ0v) is 18.3. The summed E-state index contributed by atoms with van der Waals surface area (Å²) in [6.07, 6.45) is 6.93. The van der Waals surface area contributed by atoms with E-state index in [1.54, 1.807) is 24.5 Å². The Labute approximate surface area is 194 Å². The molecule has 0 aliphatic heterocycles. The van der Waals surface area contributed by atoms with Gasteiger partial charge in [-0.05, 0) is 49.2 Å². The lowest BCUT2D eigenvalue weighted by molar-refractivity contribution is 0.100. The van der Waals surface area contributed by atoms with Crippen molar-refractivity contribution in [2.45, 2.75) is 37.8 Å². The number of hydrogen-bond donors (Lipinski definition) is 4. The molecule has 1 aromatic carbocycles. The van der Waals surface area contributed by atoms with E-state index in [4.69, 9.17) is 11.5 Å². The first-order chi connectivity index (χ1) is 16.5. The van der Waals surface area contributed by atoms with Crippen molar-refractivity contribution in [2.75, 3.05) is 10.6 Å². The van der Waals surface area contributed by atoms with Gasteiger partial charge in [-0.2, -0.15) is 10.2 Å². The smallest absolute Gasteiger partial charge is 0.252 e. The average Bonchev–Trinajstić information content (AvgIpc) is 3.37. The number of carbonyl (C=O) groups is 1. The number of nitrogens with one attached hydrogen (secondary N) is 2. The molecule has 3 aromatic heterocycles. The molecular weight excluding hydrogens is 437 g/mol. The number of rotatable bonds is 6. The van der Waals surface area contributed by atoms with E-state index in [0.29, 0.717) is 11.5 Å². The zero-order chi connectivity index (χ0) is 23.7. The van der Waals surface area contributed by atoms with Crippen LogP contribution in [0.4, 0.5) is 21.7 Å². The summed E-state index contributed by atoms with van der Waals surface area (Å²) in [6.45, 7) is 0. The lowest BCUT2D eigenvalue weighted by Crippen LogP contribution is -2.43. The Morgan fingerprint density at radius 3 is 2.59 bits per heavy atom. The standard InChI is InChI=1S/C23H24FN9O/c24-16-12-15(21(26)34)22(32-23(16)31-19-4-2-1-3-17(19)25)29-14-6-7-18-13(11-14)5-8-20(30-18)33-27-9-10-28-33/h5-12,17,19H,1-4,25H2,(H2,26,34)(H2,29,31,32)/t17-,19+/m0/s1. The molecule has 3 heterocycles. The molecule has 0 spiro atoms. The van der Waals surface area contributed by atoms with Gasteiger partial charge in [0.05, 0.1) is 23.5 Å². The number of aromatic nitrogens is 5. The maximum atomic E-state index is 14.8. The molecule has 5 rings (SSSR count). The van der Waals surface area contributed by atoms with Crippen LogP contribution >= 0.6 is 0 Å². The Kier molecular flexibility index (Phi) is 5.76. The molecule has 11 heteroatoms. The Morgan fingerprint density at radius 2 is 1.82 bits per heavy atom. The average molecular weight is 462 g/mol. The lowest BCUT2D eigenvalue weighted by atomic mass is 9.91. The highest BCUT2D eigenvalue weighted by Crippen LogP contribution is 2.28. The Morgan fingerprint density at radius 1 is 1.03 bits per heavy atom. The maximum absolute atomic E-state index is 14.8. The van der Waals surface area contributed by atoms with Gasteiger partial charge >= 0.3 is 0 Å². The molecular formula is C23H24FN9O. The monoisotopic (exact) mass is 461 g/mol. The number of nitrogens with zero attached hydrogens (tertiary/aromatic N) is 5. The molecule has 0 unspecified atom stereocenters. The number of hydrogen-bond acceptors (Lipinski definition) is 8.